The van der Waals surface area contributed by atoms with E-state index in [2.05, 4.69) is 15.0 Å². The predicted octanol–water partition coefficient (Wildman–Crippen LogP) is -0.0638. The molecule has 1 heterocycles. The van der Waals surface area contributed by atoms with Gasteiger partial charge in [0.1, 0.15) is 0 Å². The Labute approximate surface area is 115 Å². The molecule has 1 amide bonds. The molecule has 9 heteroatoms. The van der Waals surface area contributed by atoms with Crippen molar-refractivity contribution in [2.24, 2.45) is 0 Å². The van der Waals surface area contributed by atoms with E-state index in [1.807, 2.05) is 0 Å². The van der Waals surface area contributed by atoms with Crippen LogP contribution in [0.2, 0.25) is 0 Å². The summed E-state index contributed by atoms with van der Waals surface area (Å²) in [7, 11) is -3.87. The number of carbonyl (C=O) groups excluding carboxylic acids is 1. The normalized spacial score (nSPS) is 13.5. The summed E-state index contributed by atoms with van der Waals surface area (Å²) in [6, 6.07) is -0.992. The molecule has 0 spiro atoms. The van der Waals surface area contributed by atoms with Crippen LogP contribution in [0.5, 0.6) is 0 Å². The fourth-order valence-electron chi connectivity index (χ4n) is 1.40. The minimum atomic E-state index is -3.87. The van der Waals surface area contributed by atoms with Gasteiger partial charge in [0, 0.05) is 11.7 Å². The van der Waals surface area contributed by atoms with Crippen LogP contribution in [0.1, 0.15) is 26.5 Å². The van der Waals surface area contributed by atoms with Gasteiger partial charge in [-0.3, -0.25) is 9.59 Å². The van der Waals surface area contributed by atoms with Crippen molar-refractivity contribution in [1.82, 2.24) is 15.0 Å². The first-order valence-corrected chi connectivity index (χ1v) is 7.96. The monoisotopic (exact) mass is 307 g/mol. The molecule has 1 rings (SSSR count). The van der Waals surface area contributed by atoms with Gasteiger partial charge in [-0.05, 0) is 27.7 Å². The molecule has 108 valence electrons. The lowest BCUT2D eigenvalue weighted by molar-refractivity contribution is -0.122. The second-order valence-electron chi connectivity index (χ2n) is 4.43. The maximum Gasteiger partial charge on any atom is 0.305 e. The number of aromatic amines is 1. The second kappa shape index (κ2) is 5.85. The molecule has 0 aliphatic rings. The molecule has 0 fully saturated rings. The van der Waals surface area contributed by atoms with Gasteiger partial charge in [-0.25, -0.2) is 8.42 Å². The van der Waals surface area contributed by atoms with Crippen LogP contribution in [-0.4, -0.2) is 31.4 Å². The Morgan fingerprint density at radius 3 is 2.32 bits per heavy atom. The van der Waals surface area contributed by atoms with Gasteiger partial charge in [0.25, 0.3) is 10.0 Å². The highest BCUT2D eigenvalue weighted by Gasteiger charge is 2.25. The van der Waals surface area contributed by atoms with E-state index in [0.717, 1.165) is 0 Å². The van der Waals surface area contributed by atoms with Gasteiger partial charge in [0.15, 0.2) is 4.21 Å². The number of rotatable bonds is 5. The van der Waals surface area contributed by atoms with Crippen molar-refractivity contribution >= 4 is 27.3 Å². The predicted molar refractivity (Wildman–Crippen MR) is 72.7 cm³/mol. The standard InChI is InChI=1S/C10H17N3O4S2/c1-5(2)11-8(14)6(3)13-19(16,17)9-7(4)12-10(15)18-9/h5-6,13H,1-4H3,(H,11,14)(H,12,15). The molecule has 0 aliphatic carbocycles. The fourth-order valence-corrected chi connectivity index (χ4v) is 3.92. The molecule has 0 aliphatic heterocycles. The van der Waals surface area contributed by atoms with Crippen molar-refractivity contribution in [2.75, 3.05) is 0 Å². The van der Waals surface area contributed by atoms with Gasteiger partial charge < -0.3 is 10.3 Å². The molecule has 3 N–H and O–H groups in total. The maximum atomic E-state index is 12.0. The smallest absolute Gasteiger partial charge is 0.305 e. The lowest BCUT2D eigenvalue weighted by Gasteiger charge is -2.15. The molecule has 0 aromatic carbocycles. The Morgan fingerprint density at radius 1 is 1.32 bits per heavy atom. The van der Waals surface area contributed by atoms with Crippen molar-refractivity contribution in [3.8, 4) is 0 Å². The average Bonchev–Trinajstić information content (AvgIpc) is 2.56. The molecular weight excluding hydrogens is 290 g/mol. The van der Waals surface area contributed by atoms with Gasteiger partial charge in [0.05, 0.1) is 6.04 Å². The minimum Gasteiger partial charge on any atom is -0.353 e. The van der Waals surface area contributed by atoms with Gasteiger partial charge in [0.2, 0.25) is 5.91 Å². The fraction of sp³-hybridized carbons (Fsp3) is 0.600. The molecule has 19 heavy (non-hydrogen) atoms. The van der Waals surface area contributed by atoms with Crippen LogP contribution < -0.4 is 14.9 Å². The molecule has 1 aromatic heterocycles. The molecule has 1 aromatic rings. The lowest BCUT2D eigenvalue weighted by atomic mass is 10.3. The van der Waals surface area contributed by atoms with E-state index >= 15 is 0 Å². The number of hydrogen-bond acceptors (Lipinski definition) is 5. The third-order valence-electron chi connectivity index (χ3n) is 2.18. The summed E-state index contributed by atoms with van der Waals surface area (Å²) in [6.45, 7) is 6.49. The SMILES string of the molecule is Cc1[nH]c(=O)sc1S(=O)(=O)NC(C)C(=O)NC(C)C. The summed E-state index contributed by atoms with van der Waals surface area (Å²) in [5, 5.41) is 2.60. The molecular formula is C10H17N3O4S2. The summed E-state index contributed by atoms with van der Waals surface area (Å²) in [6.07, 6.45) is 0. The average molecular weight is 307 g/mol. The number of aryl methyl sites for hydroxylation is 1. The number of thiazole rings is 1. The third-order valence-corrected chi connectivity index (χ3v) is 5.33. The Hall–Kier alpha value is -1.19. The number of hydrogen-bond donors (Lipinski definition) is 3. The Balaban J connectivity index is 2.89. The topological polar surface area (TPSA) is 108 Å². The third kappa shape index (κ3) is 4.15. The zero-order valence-electron chi connectivity index (χ0n) is 11.1. The van der Waals surface area contributed by atoms with E-state index < -0.39 is 26.8 Å². The minimum absolute atomic E-state index is 0.0792. The van der Waals surface area contributed by atoms with Crippen LogP contribution in [-0.2, 0) is 14.8 Å². The highest BCUT2D eigenvalue weighted by atomic mass is 32.2. The summed E-state index contributed by atoms with van der Waals surface area (Å²) < 4.78 is 26.2. The quantitative estimate of drug-likeness (QED) is 0.708. The highest BCUT2D eigenvalue weighted by Crippen LogP contribution is 2.15. The van der Waals surface area contributed by atoms with E-state index in [4.69, 9.17) is 0 Å². The molecule has 1 unspecified atom stereocenters. The van der Waals surface area contributed by atoms with E-state index in [1.165, 1.54) is 13.8 Å². The Kier molecular flexibility index (Phi) is 4.88. The number of nitrogens with one attached hydrogen (secondary N) is 3. The van der Waals surface area contributed by atoms with Crippen LogP contribution in [0.3, 0.4) is 0 Å². The van der Waals surface area contributed by atoms with Crippen molar-refractivity contribution in [1.29, 1.82) is 0 Å². The summed E-state index contributed by atoms with van der Waals surface area (Å²) in [4.78, 5) is 24.7. The van der Waals surface area contributed by atoms with E-state index in [1.54, 1.807) is 13.8 Å². The van der Waals surface area contributed by atoms with E-state index in [9.17, 15) is 18.0 Å². The number of sulfonamides is 1. The number of H-pyrrole nitrogens is 1. The first-order valence-electron chi connectivity index (χ1n) is 5.66. The van der Waals surface area contributed by atoms with Crippen molar-refractivity contribution in [3.63, 3.8) is 0 Å². The molecule has 0 saturated carbocycles. The van der Waals surface area contributed by atoms with Gasteiger partial charge in [-0.15, -0.1) is 0 Å². The van der Waals surface area contributed by atoms with Crippen LogP contribution in [0.25, 0.3) is 0 Å². The van der Waals surface area contributed by atoms with E-state index in [-0.39, 0.29) is 15.9 Å². The van der Waals surface area contributed by atoms with Crippen LogP contribution in [0, 0.1) is 6.92 Å². The Morgan fingerprint density at radius 2 is 1.89 bits per heavy atom. The number of amides is 1. The van der Waals surface area contributed by atoms with Gasteiger partial charge in [-0.1, -0.05) is 11.3 Å². The molecule has 0 bridgehead atoms. The first-order chi connectivity index (χ1) is 8.63. The van der Waals surface area contributed by atoms with Gasteiger partial charge >= 0.3 is 4.87 Å². The number of aromatic nitrogens is 1. The highest BCUT2D eigenvalue weighted by molar-refractivity contribution is 7.91. The molecule has 0 radical (unpaired) electrons. The summed E-state index contributed by atoms with van der Waals surface area (Å²) in [5.74, 6) is -0.417. The second-order valence-corrected chi connectivity index (χ2v) is 7.33. The van der Waals surface area contributed by atoms with Gasteiger partial charge in [-0.2, -0.15) is 4.72 Å². The van der Waals surface area contributed by atoms with Crippen LogP contribution in [0.15, 0.2) is 9.00 Å². The number of carbonyl (C=O) groups is 1. The summed E-state index contributed by atoms with van der Waals surface area (Å²) in [5.41, 5.74) is 0.263. The van der Waals surface area contributed by atoms with Crippen LogP contribution in [0.4, 0.5) is 0 Å². The van der Waals surface area contributed by atoms with E-state index in [0.29, 0.717) is 11.3 Å². The van der Waals surface area contributed by atoms with Crippen molar-refractivity contribution in [3.05, 3.63) is 15.4 Å². The van der Waals surface area contributed by atoms with Crippen LogP contribution >= 0.6 is 11.3 Å². The Bertz CT molecular complexity index is 615. The first kappa shape index (κ1) is 15.9. The van der Waals surface area contributed by atoms with Crippen molar-refractivity contribution in [2.45, 2.75) is 44.0 Å². The summed E-state index contributed by atoms with van der Waals surface area (Å²) >= 11 is 0.596. The maximum absolute atomic E-state index is 12.0. The molecule has 0 saturated heterocycles. The lowest BCUT2D eigenvalue weighted by Crippen LogP contribution is -2.46. The zero-order chi connectivity index (χ0) is 14.8. The zero-order valence-corrected chi connectivity index (χ0v) is 12.7. The molecule has 1 atom stereocenters. The largest absolute Gasteiger partial charge is 0.353 e. The molecule has 7 nitrogen and oxygen atoms in total. The van der Waals surface area contributed by atoms with Crippen molar-refractivity contribution < 1.29 is 13.2 Å².